The molecule has 0 aliphatic carbocycles. The van der Waals surface area contributed by atoms with Gasteiger partial charge in [0.25, 0.3) is 0 Å². The zero-order chi connectivity index (χ0) is 14.8. The van der Waals surface area contributed by atoms with Gasteiger partial charge in [-0.05, 0) is 12.8 Å². The van der Waals surface area contributed by atoms with Gasteiger partial charge in [-0.25, -0.2) is 0 Å². The second kappa shape index (κ2) is 9.07. The van der Waals surface area contributed by atoms with Crippen molar-refractivity contribution in [1.82, 2.24) is 16.0 Å². The zero-order valence-electron chi connectivity index (χ0n) is 11.5. The summed E-state index contributed by atoms with van der Waals surface area (Å²) in [5, 5.41) is 7.23. The van der Waals surface area contributed by atoms with Crippen molar-refractivity contribution in [3.8, 4) is 0 Å². The highest BCUT2D eigenvalue weighted by molar-refractivity contribution is 5.91. The molecule has 7 heteroatoms. The third-order valence-corrected chi connectivity index (χ3v) is 2.67. The van der Waals surface area contributed by atoms with E-state index >= 15 is 0 Å². The first-order chi connectivity index (χ1) is 8.92. The molecule has 2 atom stereocenters. The minimum Gasteiger partial charge on any atom is -0.350 e. The maximum absolute atomic E-state index is 11.9. The number of ketones is 1. The van der Waals surface area contributed by atoms with Crippen LogP contribution in [0.3, 0.4) is 0 Å². The van der Waals surface area contributed by atoms with Gasteiger partial charge in [0.15, 0.2) is 0 Å². The molecule has 0 heterocycles. The van der Waals surface area contributed by atoms with E-state index < -0.39 is 17.9 Å². The number of amides is 3. The van der Waals surface area contributed by atoms with E-state index in [0.29, 0.717) is 12.8 Å². The van der Waals surface area contributed by atoms with Crippen molar-refractivity contribution >= 4 is 24.0 Å². The van der Waals surface area contributed by atoms with Gasteiger partial charge in [-0.3, -0.25) is 19.2 Å². The fourth-order valence-electron chi connectivity index (χ4n) is 1.38. The molecule has 0 fully saturated rings. The highest BCUT2D eigenvalue weighted by Gasteiger charge is 2.25. The standard InChI is InChI=1S/C12H21N3O4/c1-4-8(2)11(12(19)14-5-9(3)17)15-10(18)6-13-7-16/h7-8,11H,4-6H2,1-3H3,(H,13,16)(H,14,19)(H,15,18)/t8-,11-/m0/s1. The first-order valence-electron chi connectivity index (χ1n) is 6.15. The topological polar surface area (TPSA) is 104 Å². The smallest absolute Gasteiger partial charge is 0.243 e. The van der Waals surface area contributed by atoms with Gasteiger partial charge < -0.3 is 16.0 Å². The van der Waals surface area contributed by atoms with Crippen LogP contribution in [-0.2, 0) is 19.2 Å². The monoisotopic (exact) mass is 271 g/mol. The number of carbonyl (C=O) groups is 4. The summed E-state index contributed by atoms with van der Waals surface area (Å²) in [6, 6.07) is -0.717. The number of rotatable bonds is 9. The Morgan fingerprint density at radius 3 is 2.32 bits per heavy atom. The minimum atomic E-state index is -0.717. The average Bonchev–Trinajstić information content (AvgIpc) is 2.38. The van der Waals surface area contributed by atoms with Crippen molar-refractivity contribution < 1.29 is 19.2 Å². The molecule has 7 nitrogen and oxygen atoms in total. The highest BCUT2D eigenvalue weighted by atomic mass is 16.2. The molecule has 0 aromatic carbocycles. The van der Waals surface area contributed by atoms with Crippen molar-refractivity contribution in [3.05, 3.63) is 0 Å². The van der Waals surface area contributed by atoms with Crippen LogP contribution in [0.4, 0.5) is 0 Å². The largest absolute Gasteiger partial charge is 0.350 e. The van der Waals surface area contributed by atoms with E-state index in [-0.39, 0.29) is 24.8 Å². The van der Waals surface area contributed by atoms with Crippen LogP contribution in [0.5, 0.6) is 0 Å². The van der Waals surface area contributed by atoms with E-state index in [4.69, 9.17) is 0 Å². The number of hydrogen-bond donors (Lipinski definition) is 3. The Bertz CT molecular complexity index is 344. The molecule has 0 aromatic heterocycles. The molecule has 19 heavy (non-hydrogen) atoms. The van der Waals surface area contributed by atoms with Crippen LogP contribution in [0.15, 0.2) is 0 Å². The quantitative estimate of drug-likeness (QED) is 0.466. The third kappa shape index (κ3) is 7.17. The summed E-state index contributed by atoms with van der Waals surface area (Å²) in [6.45, 7) is 4.84. The van der Waals surface area contributed by atoms with Crippen molar-refractivity contribution in [2.24, 2.45) is 5.92 Å². The molecule has 0 aliphatic heterocycles. The van der Waals surface area contributed by atoms with Crippen LogP contribution in [0.1, 0.15) is 27.2 Å². The van der Waals surface area contributed by atoms with E-state index in [1.807, 2.05) is 13.8 Å². The summed E-state index contributed by atoms with van der Waals surface area (Å²) in [5.74, 6) is -1.09. The Morgan fingerprint density at radius 1 is 1.21 bits per heavy atom. The summed E-state index contributed by atoms with van der Waals surface area (Å²) < 4.78 is 0. The number of hydrogen-bond acceptors (Lipinski definition) is 4. The van der Waals surface area contributed by atoms with Gasteiger partial charge in [0.2, 0.25) is 18.2 Å². The van der Waals surface area contributed by atoms with Crippen molar-refractivity contribution in [2.45, 2.75) is 33.2 Å². The number of Topliss-reactive ketones (excluding diaryl/α,β-unsaturated/α-hetero) is 1. The third-order valence-electron chi connectivity index (χ3n) is 2.67. The van der Waals surface area contributed by atoms with Gasteiger partial charge in [0.05, 0.1) is 13.1 Å². The lowest BCUT2D eigenvalue weighted by Crippen LogP contribution is -2.52. The molecule has 3 amide bonds. The average molecular weight is 271 g/mol. The molecule has 0 aromatic rings. The molecule has 0 bridgehead atoms. The lowest BCUT2D eigenvalue weighted by atomic mass is 9.98. The molecule has 0 saturated carbocycles. The predicted molar refractivity (Wildman–Crippen MR) is 69.1 cm³/mol. The first-order valence-corrected chi connectivity index (χ1v) is 6.15. The van der Waals surface area contributed by atoms with Crippen molar-refractivity contribution in [3.63, 3.8) is 0 Å². The van der Waals surface area contributed by atoms with Crippen LogP contribution in [-0.4, -0.2) is 43.1 Å². The van der Waals surface area contributed by atoms with Crippen LogP contribution in [0, 0.1) is 5.92 Å². The van der Waals surface area contributed by atoms with E-state index in [1.165, 1.54) is 6.92 Å². The minimum absolute atomic E-state index is 0.0613. The molecule has 0 saturated heterocycles. The fourth-order valence-corrected chi connectivity index (χ4v) is 1.38. The van der Waals surface area contributed by atoms with Crippen molar-refractivity contribution in [1.29, 1.82) is 0 Å². The molecule has 0 spiro atoms. The summed E-state index contributed by atoms with van der Waals surface area (Å²) in [4.78, 5) is 44.3. The van der Waals surface area contributed by atoms with Gasteiger partial charge >= 0.3 is 0 Å². The fraction of sp³-hybridized carbons (Fsp3) is 0.667. The maximum atomic E-state index is 11.9. The summed E-state index contributed by atoms with van der Waals surface area (Å²) >= 11 is 0. The van der Waals surface area contributed by atoms with Crippen molar-refractivity contribution in [2.75, 3.05) is 13.1 Å². The van der Waals surface area contributed by atoms with E-state index in [0.717, 1.165) is 0 Å². The molecule has 3 N–H and O–H groups in total. The molecule has 108 valence electrons. The van der Waals surface area contributed by atoms with Gasteiger partial charge in [0, 0.05) is 0 Å². The zero-order valence-corrected chi connectivity index (χ0v) is 11.5. The van der Waals surface area contributed by atoms with Gasteiger partial charge in [-0.2, -0.15) is 0 Å². The second-order valence-corrected chi connectivity index (χ2v) is 4.35. The molecule has 0 rings (SSSR count). The molecular weight excluding hydrogens is 250 g/mol. The highest BCUT2D eigenvalue weighted by Crippen LogP contribution is 2.07. The van der Waals surface area contributed by atoms with Gasteiger partial charge in [0.1, 0.15) is 11.8 Å². The lowest BCUT2D eigenvalue weighted by Gasteiger charge is -2.23. The predicted octanol–water partition coefficient (Wildman–Crippen LogP) is -1.03. The maximum Gasteiger partial charge on any atom is 0.243 e. The van der Waals surface area contributed by atoms with Gasteiger partial charge in [-0.15, -0.1) is 0 Å². The molecule has 0 aliphatic rings. The Hall–Kier alpha value is -1.92. The molecular formula is C12H21N3O4. The van der Waals surface area contributed by atoms with E-state index in [2.05, 4.69) is 16.0 Å². The van der Waals surface area contributed by atoms with Crippen LogP contribution in [0.2, 0.25) is 0 Å². The normalized spacial score (nSPS) is 13.0. The van der Waals surface area contributed by atoms with E-state index in [9.17, 15) is 19.2 Å². The second-order valence-electron chi connectivity index (χ2n) is 4.35. The molecule has 0 radical (unpaired) electrons. The van der Waals surface area contributed by atoms with Crippen LogP contribution >= 0.6 is 0 Å². The number of nitrogens with one attached hydrogen (secondary N) is 3. The van der Waals surface area contributed by atoms with E-state index in [1.54, 1.807) is 0 Å². The Kier molecular flexibility index (Phi) is 8.15. The SMILES string of the molecule is CC[C@H](C)[C@H](NC(=O)CNC=O)C(=O)NCC(C)=O. The first kappa shape index (κ1) is 17.1. The Morgan fingerprint density at radius 2 is 1.84 bits per heavy atom. The number of carbonyl (C=O) groups excluding carboxylic acids is 4. The lowest BCUT2D eigenvalue weighted by molar-refractivity contribution is -0.131. The van der Waals surface area contributed by atoms with Crippen LogP contribution < -0.4 is 16.0 Å². The Balaban J connectivity index is 4.53. The van der Waals surface area contributed by atoms with Gasteiger partial charge in [-0.1, -0.05) is 20.3 Å². The summed E-state index contributed by atoms with van der Waals surface area (Å²) in [5.41, 5.74) is 0. The summed E-state index contributed by atoms with van der Waals surface area (Å²) in [7, 11) is 0. The Labute approximate surface area is 112 Å². The molecule has 0 unspecified atom stereocenters. The van der Waals surface area contributed by atoms with Crippen LogP contribution in [0.25, 0.3) is 0 Å². The summed E-state index contributed by atoms with van der Waals surface area (Å²) in [6.07, 6.45) is 1.10.